The lowest BCUT2D eigenvalue weighted by Gasteiger charge is -2.10. The van der Waals surface area contributed by atoms with Gasteiger partial charge in [-0.1, -0.05) is 6.42 Å². The predicted molar refractivity (Wildman–Crippen MR) is 54.0 cm³/mol. The zero-order chi connectivity index (χ0) is 9.03. The molecule has 1 fully saturated rings. The van der Waals surface area contributed by atoms with Crippen LogP contribution in [0.25, 0.3) is 0 Å². The van der Waals surface area contributed by atoms with Crippen LogP contribution in [0.2, 0.25) is 0 Å². The van der Waals surface area contributed by atoms with E-state index in [0.717, 1.165) is 12.8 Å². The van der Waals surface area contributed by atoms with E-state index in [2.05, 4.69) is 5.73 Å². The molecule has 1 nitrogen and oxygen atoms in total. The molecule has 0 amide bonds. The maximum absolute atomic E-state index is 10.9. The number of halogens is 2. The Balaban J connectivity index is 2.66. The molecule has 0 N–H and O–H groups in total. The van der Waals surface area contributed by atoms with Crippen molar-refractivity contribution >= 4 is 28.3 Å². The highest BCUT2D eigenvalue weighted by Gasteiger charge is 2.08. The highest BCUT2D eigenvalue weighted by Crippen LogP contribution is 2.57. The van der Waals surface area contributed by atoms with E-state index >= 15 is 0 Å². The Kier molecular flexibility index (Phi) is 3.93. The molecule has 4 heteroatoms. The molecule has 68 valence electrons. The standard InChI is InChI=1S/C8H11Cl2OP/c9-12(10,11)7-6-8-4-2-1-3-5-8/h7H,1-5H2. The lowest BCUT2D eigenvalue weighted by Crippen LogP contribution is -1.91. The fourth-order valence-corrected chi connectivity index (χ4v) is 1.91. The van der Waals surface area contributed by atoms with E-state index in [1.54, 1.807) is 0 Å². The molecule has 0 heterocycles. The van der Waals surface area contributed by atoms with Crippen LogP contribution in [0.3, 0.4) is 0 Å². The lowest BCUT2D eigenvalue weighted by atomic mass is 9.96. The molecule has 0 aromatic rings. The van der Waals surface area contributed by atoms with Gasteiger partial charge in [0, 0.05) is 5.82 Å². The van der Waals surface area contributed by atoms with Crippen molar-refractivity contribution in [3.63, 3.8) is 0 Å². The summed E-state index contributed by atoms with van der Waals surface area (Å²) in [6.45, 7) is 0. The normalized spacial score (nSPS) is 18.7. The summed E-state index contributed by atoms with van der Waals surface area (Å²) < 4.78 is 10.9. The second-order valence-electron chi connectivity index (χ2n) is 2.94. The smallest absolute Gasteiger partial charge is 0.282 e. The summed E-state index contributed by atoms with van der Waals surface area (Å²) in [6.07, 6.45) is 5.77. The van der Waals surface area contributed by atoms with Gasteiger partial charge in [0.1, 0.15) is 0 Å². The van der Waals surface area contributed by atoms with Crippen LogP contribution in [0.5, 0.6) is 0 Å². The van der Waals surface area contributed by atoms with Crippen molar-refractivity contribution in [1.82, 2.24) is 0 Å². The Hall–Kier alpha value is 0.330. The first-order valence-electron chi connectivity index (χ1n) is 4.02. The van der Waals surface area contributed by atoms with Gasteiger partial charge in [0.2, 0.25) is 0 Å². The van der Waals surface area contributed by atoms with Gasteiger partial charge in [-0.25, -0.2) is 0 Å². The quantitative estimate of drug-likeness (QED) is 0.468. The van der Waals surface area contributed by atoms with Crippen LogP contribution in [0.15, 0.2) is 17.1 Å². The third-order valence-electron chi connectivity index (χ3n) is 1.88. The SMILES string of the molecule is O=P(Cl)(Cl)C=C=C1CCCCC1. The van der Waals surface area contributed by atoms with Gasteiger partial charge in [-0.05, 0) is 53.7 Å². The largest absolute Gasteiger partial charge is 0.284 e. The van der Waals surface area contributed by atoms with Crippen molar-refractivity contribution in [3.8, 4) is 0 Å². The molecule has 1 aliphatic carbocycles. The molecular weight excluding hydrogens is 214 g/mol. The van der Waals surface area contributed by atoms with Gasteiger partial charge in [0.25, 0.3) is 5.85 Å². The van der Waals surface area contributed by atoms with E-state index in [0.29, 0.717) is 0 Å². The van der Waals surface area contributed by atoms with Crippen LogP contribution < -0.4 is 0 Å². The maximum atomic E-state index is 10.9. The zero-order valence-electron chi connectivity index (χ0n) is 6.72. The number of hydrogen-bond acceptors (Lipinski definition) is 1. The van der Waals surface area contributed by atoms with Crippen LogP contribution in [-0.2, 0) is 4.57 Å². The second kappa shape index (κ2) is 4.53. The molecule has 0 radical (unpaired) electrons. The third kappa shape index (κ3) is 4.38. The Bertz CT molecular complexity index is 252. The monoisotopic (exact) mass is 224 g/mol. The predicted octanol–water partition coefficient (Wildman–Crippen LogP) is 4.66. The van der Waals surface area contributed by atoms with Crippen molar-refractivity contribution in [2.75, 3.05) is 0 Å². The zero-order valence-corrected chi connectivity index (χ0v) is 9.13. The van der Waals surface area contributed by atoms with E-state index in [1.807, 2.05) is 0 Å². The molecule has 0 aliphatic heterocycles. The van der Waals surface area contributed by atoms with Gasteiger partial charge in [-0.3, -0.25) is 4.57 Å². The first-order chi connectivity index (χ1) is 5.58. The van der Waals surface area contributed by atoms with E-state index in [9.17, 15) is 4.57 Å². The number of rotatable bonds is 1. The molecular formula is C8H11Cl2OP. The summed E-state index contributed by atoms with van der Waals surface area (Å²) in [5, 5.41) is 0. The molecule has 0 atom stereocenters. The Labute approximate surface area is 82.4 Å². The molecule has 0 aromatic carbocycles. The fraction of sp³-hybridized carbons (Fsp3) is 0.625. The Morgan fingerprint density at radius 3 is 2.33 bits per heavy atom. The minimum Gasteiger partial charge on any atom is -0.284 e. The molecule has 0 unspecified atom stereocenters. The minimum absolute atomic E-state index is 1.05. The molecule has 0 bridgehead atoms. The van der Waals surface area contributed by atoms with E-state index in [4.69, 9.17) is 22.5 Å². The van der Waals surface area contributed by atoms with E-state index < -0.39 is 5.85 Å². The molecule has 0 saturated heterocycles. The van der Waals surface area contributed by atoms with Crippen molar-refractivity contribution in [1.29, 1.82) is 0 Å². The van der Waals surface area contributed by atoms with Crippen molar-refractivity contribution < 1.29 is 4.57 Å². The highest BCUT2D eigenvalue weighted by atomic mass is 35.9. The highest BCUT2D eigenvalue weighted by molar-refractivity contribution is 8.10. The molecule has 12 heavy (non-hydrogen) atoms. The van der Waals surface area contributed by atoms with Gasteiger partial charge in [-0.15, -0.1) is 5.73 Å². The van der Waals surface area contributed by atoms with Gasteiger partial charge >= 0.3 is 0 Å². The van der Waals surface area contributed by atoms with Crippen molar-refractivity contribution in [2.24, 2.45) is 0 Å². The van der Waals surface area contributed by atoms with Crippen LogP contribution in [-0.4, -0.2) is 0 Å². The Morgan fingerprint density at radius 1 is 1.25 bits per heavy atom. The van der Waals surface area contributed by atoms with Gasteiger partial charge < -0.3 is 0 Å². The van der Waals surface area contributed by atoms with Crippen LogP contribution in [0, 0.1) is 0 Å². The van der Waals surface area contributed by atoms with Crippen LogP contribution >= 0.6 is 28.3 Å². The van der Waals surface area contributed by atoms with E-state index in [1.165, 1.54) is 30.7 Å². The lowest BCUT2D eigenvalue weighted by molar-refractivity contribution is 0.596. The van der Waals surface area contributed by atoms with Crippen LogP contribution in [0.4, 0.5) is 0 Å². The average Bonchev–Trinajstić information content (AvgIpc) is 2.02. The van der Waals surface area contributed by atoms with Crippen molar-refractivity contribution in [2.45, 2.75) is 32.1 Å². The molecule has 1 rings (SSSR count). The summed E-state index contributed by atoms with van der Waals surface area (Å²) >= 11 is 10.7. The van der Waals surface area contributed by atoms with Gasteiger partial charge in [-0.2, -0.15) is 0 Å². The minimum atomic E-state index is -3.04. The molecule has 1 saturated carbocycles. The first-order valence-corrected chi connectivity index (χ1v) is 7.61. The first kappa shape index (κ1) is 10.4. The average molecular weight is 225 g/mol. The number of hydrogen-bond donors (Lipinski definition) is 0. The summed E-state index contributed by atoms with van der Waals surface area (Å²) in [4.78, 5) is 0. The fourth-order valence-electron chi connectivity index (χ4n) is 1.29. The summed E-state index contributed by atoms with van der Waals surface area (Å²) in [5.74, 6) is -1.74. The molecule has 0 aromatic heterocycles. The molecule has 0 spiro atoms. The summed E-state index contributed by atoms with van der Waals surface area (Å²) in [7, 11) is 0. The van der Waals surface area contributed by atoms with Gasteiger partial charge in [0.05, 0.1) is 0 Å². The maximum Gasteiger partial charge on any atom is 0.282 e. The van der Waals surface area contributed by atoms with Crippen molar-refractivity contribution in [3.05, 3.63) is 17.1 Å². The van der Waals surface area contributed by atoms with E-state index in [-0.39, 0.29) is 0 Å². The number of allylic oxidation sites excluding steroid dienone is 1. The topological polar surface area (TPSA) is 17.1 Å². The summed E-state index contributed by atoms with van der Waals surface area (Å²) in [5.41, 5.74) is 4.12. The van der Waals surface area contributed by atoms with Crippen LogP contribution in [0.1, 0.15) is 32.1 Å². The third-order valence-corrected chi connectivity index (χ3v) is 2.89. The second-order valence-corrected chi connectivity index (χ2v) is 7.74. The summed E-state index contributed by atoms with van der Waals surface area (Å²) in [6, 6.07) is 0. The Morgan fingerprint density at radius 2 is 1.83 bits per heavy atom. The molecule has 1 aliphatic rings. The van der Waals surface area contributed by atoms with Gasteiger partial charge in [0.15, 0.2) is 0 Å².